The Labute approximate surface area is 213 Å². The number of imidazole rings is 1. The molecule has 1 unspecified atom stereocenters. The predicted octanol–water partition coefficient (Wildman–Crippen LogP) is 4.33. The SMILES string of the molecule is CC(Oc1cc(-c2cn(CC(=O)NCCN3CCCC3)cn2)cnc1N)c1c(Cl)ccc(F)c1Cl. The number of hydrogen-bond donors (Lipinski definition) is 2. The Morgan fingerprint density at radius 2 is 2.06 bits per heavy atom. The minimum absolute atomic E-state index is 0.0784. The van der Waals surface area contributed by atoms with E-state index in [9.17, 15) is 9.18 Å². The van der Waals surface area contributed by atoms with E-state index in [2.05, 4.69) is 20.2 Å². The summed E-state index contributed by atoms with van der Waals surface area (Å²) in [5.74, 6) is -0.237. The number of nitrogens with one attached hydrogen (secondary N) is 1. The van der Waals surface area contributed by atoms with Gasteiger partial charge in [0.2, 0.25) is 5.91 Å². The zero-order chi connectivity index (χ0) is 24.9. The van der Waals surface area contributed by atoms with E-state index in [1.807, 2.05) is 0 Å². The van der Waals surface area contributed by atoms with E-state index in [1.165, 1.54) is 25.0 Å². The minimum Gasteiger partial charge on any atom is -0.482 e. The van der Waals surface area contributed by atoms with Gasteiger partial charge in [0.15, 0.2) is 11.6 Å². The predicted molar refractivity (Wildman–Crippen MR) is 134 cm³/mol. The lowest BCUT2D eigenvalue weighted by molar-refractivity contribution is -0.121. The smallest absolute Gasteiger partial charge is 0.240 e. The van der Waals surface area contributed by atoms with E-state index in [0.717, 1.165) is 19.6 Å². The van der Waals surface area contributed by atoms with Gasteiger partial charge in [-0.25, -0.2) is 14.4 Å². The van der Waals surface area contributed by atoms with Crippen molar-refractivity contribution in [3.8, 4) is 17.0 Å². The molecule has 3 heterocycles. The van der Waals surface area contributed by atoms with Gasteiger partial charge >= 0.3 is 0 Å². The number of benzene rings is 1. The first-order valence-electron chi connectivity index (χ1n) is 11.4. The third-order valence-electron chi connectivity index (χ3n) is 5.88. The summed E-state index contributed by atoms with van der Waals surface area (Å²) in [6.07, 6.45) is 6.67. The Bertz CT molecular complexity index is 1200. The van der Waals surface area contributed by atoms with Gasteiger partial charge in [-0.15, -0.1) is 0 Å². The molecule has 0 spiro atoms. The summed E-state index contributed by atoms with van der Waals surface area (Å²) >= 11 is 12.3. The van der Waals surface area contributed by atoms with Gasteiger partial charge in [0.05, 0.1) is 17.0 Å². The fourth-order valence-corrected chi connectivity index (χ4v) is 4.71. The van der Waals surface area contributed by atoms with Crippen LogP contribution in [0, 0.1) is 5.82 Å². The molecule has 0 saturated carbocycles. The molecule has 2 aromatic heterocycles. The molecule has 1 atom stereocenters. The number of nitrogen functional groups attached to an aromatic ring is 1. The van der Waals surface area contributed by atoms with Crippen molar-refractivity contribution in [3.05, 3.63) is 58.3 Å². The standard InChI is InChI=1S/C24H27Cl2FN6O2/c1-15(22-17(25)4-5-18(27)23(22)26)35-20-10-16(11-30-24(20)28)19-12-33(14-31-19)13-21(34)29-6-9-32-7-2-3-8-32/h4-5,10-12,14-15H,2-3,6-9,13H2,1H3,(H2,28,30)(H,29,34). The summed E-state index contributed by atoms with van der Waals surface area (Å²) in [5, 5.41) is 3.12. The molecule has 1 aromatic carbocycles. The Morgan fingerprint density at radius 3 is 2.83 bits per heavy atom. The highest BCUT2D eigenvalue weighted by atomic mass is 35.5. The number of nitrogens with zero attached hydrogens (tertiary/aromatic N) is 4. The number of amides is 1. The number of nitrogens with two attached hydrogens (primary N) is 1. The quantitative estimate of drug-likeness (QED) is 0.407. The molecule has 3 aromatic rings. The number of likely N-dealkylation sites (tertiary alicyclic amines) is 1. The first kappa shape index (κ1) is 25.2. The zero-order valence-electron chi connectivity index (χ0n) is 19.3. The molecule has 0 radical (unpaired) electrons. The summed E-state index contributed by atoms with van der Waals surface area (Å²) in [5.41, 5.74) is 7.57. The molecule has 1 saturated heterocycles. The van der Waals surface area contributed by atoms with Crippen LogP contribution in [-0.2, 0) is 11.3 Å². The van der Waals surface area contributed by atoms with Gasteiger partial charge in [-0.05, 0) is 51.1 Å². The maximum atomic E-state index is 13.9. The van der Waals surface area contributed by atoms with Crippen LogP contribution < -0.4 is 15.8 Å². The summed E-state index contributed by atoms with van der Waals surface area (Å²) in [6.45, 7) is 5.54. The maximum absolute atomic E-state index is 13.9. The largest absolute Gasteiger partial charge is 0.482 e. The Balaban J connectivity index is 1.40. The van der Waals surface area contributed by atoms with E-state index >= 15 is 0 Å². The minimum atomic E-state index is -0.688. The molecule has 11 heteroatoms. The van der Waals surface area contributed by atoms with Crippen molar-refractivity contribution in [1.82, 2.24) is 24.8 Å². The van der Waals surface area contributed by atoms with E-state index in [0.29, 0.717) is 23.4 Å². The topological polar surface area (TPSA) is 98.3 Å². The van der Waals surface area contributed by atoms with E-state index in [-0.39, 0.29) is 34.1 Å². The lowest BCUT2D eigenvalue weighted by Gasteiger charge is -2.19. The molecule has 4 rings (SSSR count). The van der Waals surface area contributed by atoms with Crippen LogP contribution in [0.25, 0.3) is 11.3 Å². The molecular formula is C24H27Cl2FN6O2. The van der Waals surface area contributed by atoms with Crippen LogP contribution in [0.15, 0.2) is 36.9 Å². The third-order valence-corrected chi connectivity index (χ3v) is 6.59. The zero-order valence-corrected chi connectivity index (χ0v) is 20.8. The molecule has 1 aliphatic heterocycles. The second kappa shape index (κ2) is 11.2. The second-order valence-electron chi connectivity index (χ2n) is 8.45. The molecular weight excluding hydrogens is 494 g/mol. The van der Waals surface area contributed by atoms with Crippen LogP contribution >= 0.6 is 23.2 Å². The van der Waals surface area contributed by atoms with Gasteiger partial charge in [0.1, 0.15) is 18.5 Å². The number of rotatable bonds is 9. The summed E-state index contributed by atoms with van der Waals surface area (Å²) in [6, 6.07) is 4.30. The van der Waals surface area contributed by atoms with Gasteiger partial charge < -0.3 is 25.3 Å². The molecule has 1 amide bonds. The van der Waals surface area contributed by atoms with E-state index < -0.39 is 11.9 Å². The van der Waals surface area contributed by atoms with Crippen molar-refractivity contribution in [2.24, 2.45) is 0 Å². The highest BCUT2D eigenvalue weighted by molar-refractivity contribution is 6.36. The van der Waals surface area contributed by atoms with Crippen LogP contribution in [0.4, 0.5) is 10.2 Å². The van der Waals surface area contributed by atoms with E-state index in [1.54, 1.807) is 36.3 Å². The van der Waals surface area contributed by atoms with Gasteiger partial charge in [0.25, 0.3) is 0 Å². The van der Waals surface area contributed by atoms with Gasteiger partial charge in [-0.1, -0.05) is 23.2 Å². The molecule has 186 valence electrons. The summed E-state index contributed by atoms with van der Waals surface area (Å²) in [7, 11) is 0. The average Bonchev–Trinajstić information content (AvgIpc) is 3.50. The number of pyridine rings is 1. The summed E-state index contributed by atoms with van der Waals surface area (Å²) < 4.78 is 21.6. The number of hydrogen-bond acceptors (Lipinski definition) is 6. The number of carbonyl (C=O) groups is 1. The first-order valence-corrected chi connectivity index (χ1v) is 12.1. The average molecular weight is 521 g/mol. The van der Waals surface area contributed by atoms with Crippen molar-refractivity contribution >= 4 is 34.9 Å². The van der Waals surface area contributed by atoms with Crippen LogP contribution in [0.3, 0.4) is 0 Å². The number of aromatic nitrogens is 3. The highest BCUT2D eigenvalue weighted by Gasteiger charge is 2.20. The second-order valence-corrected chi connectivity index (χ2v) is 9.24. The number of carbonyl (C=O) groups excluding carboxylic acids is 1. The lowest BCUT2D eigenvalue weighted by atomic mass is 10.1. The fourth-order valence-electron chi connectivity index (χ4n) is 4.03. The Hall–Kier alpha value is -2.88. The van der Waals surface area contributed by atoms with Gasteiger partial charge in [-0.2, -0.15) is 0 Å². The first-order chi connectivity index (χ1) is 16.8. The normalized spacial score (nSPS) is 14.7. The molecule has 3 N–H and O–H groups in total. The Kier molecular flexibility index (Phi) is 8.10. The van der Waals surface area contributed by atoms with Crippen LogP contribution in [0.5, 0.6) is 5.75 Å². The van der Waals surface area contributed by atoms with Gasteiger partial charge in [-0.3, -0.25) is 4.79 Å². The Morgan fingerprint density at radius 1 is 1.29 bits per heavy atom. The third kappa shape index (κ3) is 6.22. The van der Waals surface area contributed by atoms with Crippen molar-refractivity contribution in [1.29, 1.82) is 0 Å². The van der Waals surface area contributed by atoms with Crippen molar-refractivity contribution in [3.63, 3.8) is 0 Å². The molecule has 8 nitrogen and oxygen atoms in total. The highest BCUT2D eigenvalue weighted by Crippen LogP contribution is 2.36. The molecule has 0 aliphatic carbocycles. The summed E-state index contributed by atoms with van der Waals surface area (Å²) in [4.78, 5) is 23.2. The number of halogens is 3. The number of ether oxygens (including phenoxy) is 1. The van der Waals surface area contributed by atoms with Crippen molar-refractivity contribution in [2.45, 2.75) is 32.4 Å². The number of anilines is 1. The van der Waals surface area contributed by atoms with Crippen LogP contribution in [-0.4, -0.2) is 51.5 Å². The van der Waals surface area contributed by atoms with Gasteiger partial charge in [0, 0.05) is 41.6 Å². The monoisotopic (exact) mass is 520 g/mol. The van der Waals surface area contributed by atoms with E-state index in [4.69, 9.17) is 33.7 Å². The molecule has 1 fully saturated rings. The van der Waals surface area contributed by atoms with Crippen molar-refractivity contribution < 1.29 is 13.9 Å². The molecule has 0 bridgehead atoms. The van der Waals surface area contributed by atoms with Crippen LogP contribution in [0.1, 0.15) is 31.4 Å². The van der Waals surface area contributed by atoms with Crippen LogP contribution in [0.2, 0.25) is 10.0 Å². The molecule has 35 heavy (non-hydrogen) atoms. The maximum Gasteiger partial charge on any atom is 0.240 e. The lowest BCUT2D eigenvalue weighted by Crippen LogP contribution is -2.35. The molecule has 1 aliphatic rings. The van der Waals surface area contributed by atoms with Crippen molar-refractivity contribution in [2.75, 3.05) is 31.9 Å². The fraction of sp³-hybridized carbons (Fsp3) is 0.375.